The topological polar surface area (TPSA) is 17.1 Å². The van der Waals surface area contributed by atoms with Gasteiger partial charge in [0.1, 0.15) is 0 Å². The molecule has 0 bridgehead atoms. The summed E-state index contributed by atoms with van der Waals surface area (Å²) in [6.07, 6.45) is 5.46. The number of rotatable bonds is 1. The van der Waals surface area contributed by atoms with E-state index in [1.165, 1.54) is 18.4 Å². The number of allylic oxidation sites excluding steroid dienone is 2. The van der Waals surface area contributed by atoms with Gasteiger partial charge < -0.3 is 0 Å². The molecule has 0 aromatic rings. The van der Waals surface area contributed by atoms with Crippen LogP contribution >= 0.6 is 0 Å². The number of carbonyl (C=O) groups excluding carboxylic acids is 1. The van der Waals surface area contributed by atoms with Gasteiger partial charge in [-0.05, 0) is 44.1 Å². The summed E-state index contributed by atoms with van der Waals surface area (Å²) in [6.45, 7) is 6.16. The van der Waals surface area contributed by atoms with E-state index in [9.17, 15) is 4.79 Å². The second-order valence-corrected chi connectivity index (χ2v) is 4.11. The average Bonchev–Trinajstić information content (AvgIpc) is 1.94. The van der Waals surface area contributed by atoms with E-state index in [-0.39, 0.29) is 5.78 Å². The van der Waals surface area contributed by atoms with E-state index in [1.807, 2.05) is 6.08 Å². The van der Waals surface area contributed by atoms with Crippen LogP contribution in [0.15, 0.2) is 11.6 Å². The molecule has 0 N–H and O–H groups in total. The van der Waals surface area contributed by atoms with Crippen LogP contribution in [-0.2, 0) is 4.79 Å². The zero-order chi connectivity index (χ0) is 9.14. The molecule has 2 unspecified atom stereocenters. The SMILES string of the molecule is CC(=O)C=C1CCC(C)CC1C. The molecule has 1 saturated carbocycles. The van der Waals surface area contributed by atoms with Crippen LogP contribution in [0.1, 0.15) is 40.0 Å². The van der Waals surface area contributed by atoms with Crippen molar-refractivity contribution in [2.24, 2.45) is 11.8 Å². The summed E-state index contributed by atoms with van der Waals surface area (Å²) in [7, 11) is 0. The van der Waals surface area contributed by atoms with Crippen molar-refractivity contribution in [3.63, 3.8) is 0 Å². The zero-order valence-corrected chi connectivity index (χ0v) is 8.26. The van der Waals surface area contributed by atoms with Gasteiger partial charge in [-0.2, -0.15) is 0 Å². The minimum atomic E-state index is 0.200. The zero-order valence-electron chi connectivity index (χ0n) is 8.26. The molecule has 1 rings (SSSR count). The molecule has 1 aliphatic carbocycles. The lowest BCUT2D eigenvalue weighted by Crippen LogP contribution is -2.14. The highest BCUT2D eigenvalue weighted by molar-refractivity contribution is 5.88. The lowest BCUT2D eigenvalue weighted by atomic mass is 9.79. The van der Waals surface area contributed by atoms with E-state index >= 15 is 0 Å². The highest BCUT2D eigenvalue weighted by Gasteiger charge is 2.19. The van der Waals surface area contributed by atoms with Crippen molar-refractivity contribution in [3.05, 3.63) is 11.6 Å². The van der Waals surface area contributed by atoms with Crippen molar-refractivity contribution in [1.82, 2.24) is 0 Å². The van der Waals surface area contributed by atoms with Crippen molar-refractivity contribution in [2.45, 2.75) is 40.0 Å². The molecular weight excluding hydrogens is 148 g/mol. The van der Waals surface area contributed by atoms with Crippen molar-refractivity contribution >= 4 is 5.78 Å². The van der Waals surface area contributed by atoms with E-state index < -0.39 is 0 Å². The molecule has 0 saturated heterocycles. The first-order valence-corrected chi connectivity index (χ1v) is 4.80. The fourth-order valence-corrected chi connectivity index (χ4v) is 2.01. The predicted molar refractivity (Wildman–Crippen MR) is 50.9 cm³/mol. The molecule has 68 valence electrons. The fourth-order valence-electron chi connectivity index (χ4n) is 2.01. The number of hydrogen-bond donors (Lipinski definition) is 0. The summed E-state index contributed by atoms with van der Waals surface area (Å²) in [5.41, 5.74) is 1.36. The summed E-state index contributed by atoms with van der Waals surface area (Å²) >= 11 is 0. The Hall–Kier alpha value is -0.590. The normalized spacial score (nSPS) is 33.8. The molecule has 1 nitrogen and oxygen atoms in total. The van der Waals surface area contributed by atoms with Gasteiger partial charge in [-0.3, -0.25) is 4.79 Å². The molecule has 1 heteroatoms. The van der Waals surface area contributed by atoms with Crippen LogP contribution in [0, 0.1) is 11.8 Å². The van der Waals surface area contributed by atoms with Crippen molar-refractivity contribution in [2.75, 3.05) is 0 Å². The number of ketones is 1. The predicted octanol–water partition coefficient (Wildman–Crippen LogP) is 2.96. The molecule has 0 amide bonds. The van der Waals surface area contributed by atoms with Crippen molar-refractivity contribution in [1.29, 1.82) is 0 Å². The summed E-state index contributed by atoms with van der Waals surface area (Å²) < 4.78 is 0. The second kappa shape index (κ2) is 3.88. The van der Waals surface area contributed by atoms with E-state index in [0.717, 1.165) is 12.3 Å². The standard InChI is InChI=1S/C11H18O/c1-8-4-5-11(7-10(3)12)9(2)6-8/h7-9H,4-6H2,1-3H3. The van der Waals surface area contributed by atoms with Gasteiger partial charge >= 0.3 is 0 Å². The lowest BCUT2D eigenvalue weighted by molar-refractivity contribution is -0.112. The van der Waals surface area contributed by atoms with Gasteiger partial charge in [0.15, 0.2) is 5.78 Å². The molecule has 1 aliphatic rings. The van der Waals surface area contributed by atoms with E-state index in [2.05, 4.69) is 13.8 Å². The summed E-state index contributed by atoms with van der Waals surface area (Å²) in [6, 6.07) is 0. The smallest absolute Gasteiger partial charge is 0.152 e. The molecule has 12 heavy (non-hydrogen) atoms. The molecular formula is C11H18O. The third kappa shape index (κ3) is 2.47. The summed E-state index contributed by atoms with van der Waals surface area (Å²) in [4.78, 5) is 10.9. The summed E-state index contributed by atoms with van der Waals surface area (Å²) in [5.74, 6) is 1.66. The van der Waals surface area contributed by atoms with Crippen LogP contribution in [0.3, 0.4) is 0 Å². The Morgan fingerprint density at radius 2 is 2.17 bits per heavy atom. The molecule has 2 atom stereocenters. The number of hydrogen-bond acceptors (Lipinski definition) is 1. The highest BCUT2D eigenvalue weighted by atomic mass is 16.1. The Bertz CT molecular complexity index is 203. The van der Waals surface area contributed by atoms with E-state index in [4.69, 9.17) is 0 Å². The Morgan fingerprint density at radius 3 is 2.67 bits per heavy atom. The van der Waals surface area contributed by atoms with Crippen LogP contribution < -0.4 is 0 Å². The molecule has 0 aromatic carbocycles. The maximum absolute atomic E-state index is 10.9. The second-order valence-electron chi connectivity index (χ2n) is 4.11. The Morgan fingerprint density at radius 1 is 1.50 bits per heavy atom. The maximum atomic E-state index is 10.9. The minimum absolute atomic E-state index is 0.200. The first kappa shape index (κ1) is 9.50. The average molecular weight is 166 g/mol. The lowest BCUT2D eigenvalue weighted by Gasteiger charge is -2.26. The van der Waals surface area contributed by atoms with Gasteiger partial charge in [-0.1, -0.05) is 19.4 Å². The third-order valence-corrected chi connectivity index (χ3v) is 2.70. The maximum Gasteiger partial charge on any atom is 0.152 e. The van der Waals surface area contributed by atoms with Crippen LogP contribution in [0.2, 0.25) is 0 Å². The van der Waals surface area contributed by atoms with Gasteiger partial charge in [0.2, 0.25) is 0 Å². The quantitative estimate of drug-likeness (QED) is 0.547. The summed E-state index contributed by atoms with van der Waals surface area (Å²) in [5, 5.41) is 0. The van der Waals surface area contributed by atoms with Crippen LogP contribution in [-0.4, -0.2) is 5.78 Å². The minimum Gasteiger partial charge on any atom is -0.295 e. The van der Waals surface area contributed by atoms with Crippen LogP contribution in [0.4, 0.5) is 0 Å². The van der Waals surface area contributed by atoms with Crippen LogP contribution in [0.5, 0.6) is 0 Å². The van der Waals surface area contributed by atoms with Crippen molar-refractivity contribution < 1.29 is 4.79 Å². The van der Waals surface area contributed by atoms with Gasteiger partial charge in [-0.15, -0.1) is 0 Å². The van der Waals surface area contributed by atoms with Gasteiger partial charge in [0, 0.05) is 0 Å². The third-order valence-electron chi connectivity index (χ3n) is 2.70. The molecule has 0 heterocycles. The Labute approximate surface area is 74.9 Å². The Kier molecular flexibility index (Phi) is 3.07. The highest BCUT2D eigenvalue weighted by Crippen LogP contribution is 2.32. The van der Waals surface area contributed by atoms with Gasteiger partial charge in [-0.25, -0.2) is 0 Å². The largest absolute Gasteiger partial charge is 0.295 e. The molecule has 0 spiro atoms. The monoisotopic (exact) mass is 166 g/mol. The van der Waals surface area contributed by atoms with E-state index in [1.54, 1.807) is 6.92 Å². The van der Waals surface area contributed by atoms with E-state index in [0.29, 0.717) is 5.92 Å². The number of carbonyl (C=O) groups is 1. The first-order valence-electron chi connectivity index (χ1n) is 4.80. The Balaban J connectivity index is 2.62. The fraction of sp³-hybridized carbons (Fsp3) is 0.727. The van der Waals surface area contributed by atoms with Gasteiger partial charge in [0.25, 0.3) is 0 Å². The first-order chi connectivity index (χ1) is 5.59. The molecule has 0 aliphatic heterocycles. The molecule has 0 aromatic heterocycles. The van der Waals surface area contributed by atoms with Crippen molar-refractivity contribution in [3.8, 4) is 0 Å². The van der Waals surface area contributed by atoms with Gasteiger partial charge in [0.05, 0.1) is 0 Å². The molecule has 0 radical (unpaired) electrons. The van der Waals surface area contributed by atoms with Crippen LogP contribution in [0.25, 0.3) is 0 Å². The molecule has 1 fully saturated rings.